The highest BCUT2D eigenvalue weighted by Gasteiger charge is 2.47. The topological polar surface area (TPSA) is 52.9 Å². The van der Waals surface area contributed by atoms with E-state index in [1.165, 1.54) is 0 Å². The van der Waals surface area contributed by atoms with E-state index >= 15 is 0 Å². The van der Waals surface area contributed by atoms with Crippen LogP contribution in [0.5, 0.6) is 0 Å². The number of nitrogens with zero attached hydrogens (tertiary/aromatic N) is 1. The van der Waals surface area contributed by atoms with Crippen molar-refractivity contribution in [2.75, 3.05) is 6.61 Å². The van der Waals surface area contributed by atoms with Crippen LogP contribution in [0.25, 0.3) is 0 Å². The lowest BCUT2D eigenvalue weighted by Gasteiger charge is -2.50. The number of hydroxylamine groups is 2. The Bertz CT molecular complexity index is 184. The van der Waals surface area contributed by atoms with Gasteiger partial charge in [-0.2, -0.15) is 5.06 Å². The molecule has 0 aromatic rings. The molecular weight excluding hydrogens is 194 g/mol. The predicted octanol–water partition coefficient (Wildman–Crippen LogP) is 1.01. The van der Waals surface area contributed by atoms with Gasteiger partial charge in [0.2, 0.25) is 0 Å². The van der Waals surface area contributed by atoms with Crippen molar-refractivity contribution in [1.29, 1.82) is 0 Å². The van der Waals surface area contributed by atoms with Crippen LogP contribution < -0.4 is 0 Å². The zero-order valence-electron chi connectivity index (χ0n) is 8.44. The van der Waals surface area contributed by atoms with Gasteiger partial charge in [0.05, 0.1) is 17.7 Å². The van der Waals surface area contributed by atoms with E-state index in [4.69, 9.17) is 4.74 Å². The van der Waals surface area contributed by atoms with Gasteiger partial charge in [0.1, 0.15) is 0 Å². The van der Waals surface area contributed by atoms with Crippen LogP contribution >= 0.6 is 12.4 Å². The van der Waals surface area contributed by atoms with E-state index in [2.05, 4.69) is 0 Å². The minimum Gasteiger partial charge on any atom is -0.366 e. The van der Waals surface area contributed by atoms with Crippen molar-refractivity contribution in [3.8, 4) is 0 Å². The van der Waals surface area contributed by atoms with Crippen LogP contribution in [0.2, 0.25) is 0 Å². The van der Waals surface area contributed by atoms with E-state index < -0.39 is 17.4 Å². The minimum absolute atomic E-state index is 0. The molecule has 1 unspecified atom stereocenters. The monoisotopic (exact) mass is 211 g/mol. The molecule has 0 amide bonds. The lowest BCUT2D eigenvalue weighted by Crippen LogP contribution is -2.66. The molecular formula is C8H18ClNO3. The first kappa shape index (κ1) is 13.1. The second-order valence-corrected chi connectivity index (χ2v) is 4.44. The fourth-order valence-electron chi connectivity index (χ4n) is 1.43. The van der Waals surface area contributed by atoms with Crippen LogP contribution in [-0.4, -0.2) is 39.4 Å². The maximum absolute atomic E-state index is 9.73. The first-order valence-corrected chi connectivity index (χ1v) is 4.07. The van der Waals surface area contributed by atoms with Crippen LogP contribution in [0.3, 0.4) is 0 Å². The Kier molecular flexibility index (Phi) is 3.75. The first-order chi connectivity index (χ1) is 5.28. The van der Waals surface area contributed by atoms with Crippen molar-refractivity contribution in [1.82, 2.24) is 5.06 Å². The molecule has 80 valence electrons. The summed E-state index contributed by atoms with van der Waals surface area (Å²) in [6.07, 6.45) is -0.935. The van der Waals surface area contributed by atoms with Crippen LogP contribution in [-0.2, 0) is 4.74 Å². The van der Waals surface area contributed by atoms with Crippen molar-refractivity contribution >= 4 is 12.4 Å². The number of rotatable bonds is 0. The third kappa shape index (κ3) is 2.14. The Morgan fingerprint density at radius 1 is 1.31 bits per heavy atom. The summed E-state index contributed by atoms with van der Waals surface area (Å²) >= 11 is 0. The number of aliphatic hydroxyl groups is 1. The molecule has 0 aliphatic carbocycles. The largest absolute Gasteiger partial charge is 0.366 e. The number of hydrogen-bond acceptors (Lipinski definition) is 4. The zero-order chi connectivity index (χ0) is 9.57. The van der Waals surface area contributed by atoms with Gasteiger partial charge in [0.15, 0.2) is 6.29 Å². The summed E-state index contributed by atoms with van der Waals surface area (Å²) < 4.78 is 5.13. The maximum atomic E-state index is 9.73. The number of aliphatic hydroxyl groups excluding tert-OH is 1. The Morgan fingerprint density at radius 3 is 2.15 bits per heavy atom. The molecule has 1 fully saturated rings. The number of ether oxygens (including phenoxy) is 1. The van der Waals surface area contributed by atoms with Gasteiger partial charge in [-0.25, -0.2) is 0 Å². The molecule has 2 N–H and O–H groups in total. The maximum Gasteiger partial charge on any atom is 0.174 e. The fourth-order valence-corrected chi connectivity index (χ4v) is 1.43. The van der Waals surface area contributed by atoms with Crippen molar-refractivity contribution in [3.63, 3.8) is 0 Å². The number of halogens is 1. The van der Waals surface area contributed by atoms with Crippen molar-refractivity contribution < 1.29 is 15.1 Å². The molecule has 0 bridgehead atoms. The number of hydrogen-bond donors (Lipinski definition) is 2. The third-order valence-corrected chi connectivity index (χ3v) is 2.32. The van der Waals surface area contributed by atoms with E-state index in [0.717, 1.165) is 5.06 Å². The summed E-state index contributed by atoms with van der Waals surface area (Å²) in [5.41, 5.74) is -1.19. The molecule has 1 rings (SSSR count). The normalized spacial score (nSPS) is 32.3. The Balaban J connectivity index is 0.00000144. The zero-order valence-corrected chi connectivity index (χ0v) is 9.26. The van der Waals surface area contributed by atoms with E-state index in [9.17, 15) is 10.3 Å². The van der Waals surface area contributed by atoms with E-state index in [-0.39, 0.29) is 12.4 Å². The highest BCUT2D eigenvalue weighted by atomic mass is 35.5. The lowest BCUT2D eigenvalue weighted by molar-refractivity contribution is -0.340. The molecule has 4 nitrogen and oxygen atoms in total. The standard InChI is InChI=1S/C8H17NO3.ClH/c1-7(2)5-12-6(10)8(3,4)9(7)11;/h6,10-11H,5H2,1-4H3;1H. The smallest absolute Gasteiger partial charge is 0.174 e. The number of morpholine rings is 1. The summed E-state index contributed by atoms with van der Waals surface area (Å²) in [4.78, 5) is 0. The molecule has 0 saturated carbocycles. The average molecular weight is 212 g/mol. The van der Waals surface area contributed by atoms with E-state index in [1.807, 2.05) is 13.8 Å². The highest BCUT2D eigenvalue weighted by Crippen LogP contribution is 2.31. The summed E-state index contributed by atoms with van der Waals surface area (Å²) in [6, 6.07) is 0. The minimum atomic E-state index is -0.935. The van der Waals surface area contributed by atoms with Gasteiger partial charge in [0, 0.05) is 0 Å². The summed E-state index contributed by atoms with van der Waals surface area (Å²) in [5.74, 6) is 0. The molecule has 1 heterocycles. The molecule has 1 saturated heterocycles. The van der Waals surface area contributed by atoms with E-state index in [0.29, 0.717) is 6.61 Å². The van der Waals surface area contributed by atoms with Crippen LogP contribution in [0.4, 0.5) is 0 Å². The van der Waals surface area contributed by atoms with E-state index in [1.54, 1.807) is 13.8 Å². The highest BCUT2D eigenvalue weighted by molar-refractivity contribution is 5.85. The predicted molar refractivity (Wildman–Crippen MR) is 51.0 cm³/mol. The van der Waals surface area contributed by atoms with Gasteiger partial charge in [-0.1, -0.05) is 0 Å². The van der Waals surface area contributed by atoms with Gasteiger partial charge < -0.3 is 15.1 Å². The summed E-state index contributed by atoms with van der Waals surface area (Å²) in [5, 5.41) is 20.3. The van der Waals surface area contributed by atoms with Gasteiger partial charge in [-0.15, -0.1) is 12.4 Å². The lowest BCUT2D eigenvalue weighted by atomic mass is 9.94. The van der Waals surface area contributed by atoms with Gasteiger partial charge in [0.25, 0.3) is 0 Å². The van der Waals surface area contributed by atoms with Crippen molar-refractivity contribution in [2.24, 2.45) is 0 Å². The molecule has 0 radical (unpaired) electrons. The van der Waals surface area contributed by atoms with Gasteiger partial charge in [-0.3, -0.25) is 0 Å². The van der Waals surface area contributed by atoms with Crippen LogP contribution in [0.1, 0.15) is 27.7 Å². The van der Waals surface area contributed by atoms with Crippen molar-refractivity contribution in [2.45, 2.75) is 45.1 Å². The summed E-state index contributed by atoms with van der Waals surface area (Å²) in [6.45, 7) is 7.52. The SMILES string of the molecule is CC1(C)COC(O)C(C)(C)N1O.Cl. The molecule has 1 aliphatic rings. The van der Waals surface area contributed by atoms with Crippen LogP contribution in [0.15, 0.2) is 0 Å². The molecule has 0 aromatic carbocycles. The Hall–Kier alpha value is 0.130. The molecule has 13 heavy (non-hydrogen) atoms. The van der Waals surface area contributed by atoms with Gasteiger partial charge >= 0.3 is 0 Å². The molecule has 1 atom stereocenters. The molecule has 0 spiro atoms. The second kappa shape index (κ2) is 3.71. The van der Waals surface area contributed by atoms with Crippen molar-refractivity contribution in [3.05, 3.63) is 0 Å². The molecule has 1 aliphatic heterocycles. The second-order valence-electron chi connectivity index (χ2n) is 4.44. The third-order valence-electron chi connectivity index (χ3n) is 2.32. The quantitative estimate of drug-likeness (QED) is 0.628. The Morgan fingerprint density at radius 2 is 1.77 bits per heavy atom. The van der Waals surface area contributed by atoms with Gasteiger partial charge in [-0.05, 0) is 27.7 Å². The summed E-state index contributed by atoms with van der Waals surface area (Å²) in [7, 11) is 0. The molecule has 5 heteroatoms. The first-order valence-electron chi connectivity index (χ1n) is 4.07. The Labute approximate surface area is 84.9 Å². The average Bonchev–Trinajstić information content (AvgIpc) is 1.96. The van der Waals surface area contributed by atoms with Crippen LogP contribution in [0, 0.1) is 0 Å². The fraction of sp³-hybridized carbons (Fsp3) is 1.00. The molecule has 0 aromatic heterocycles.